The first-order valence-electron chi connectivity index (χ1n) is 5.13. The molecule has 0 saturated carbocycles. The fraction of sp³-hybridized carbons (Fsp3) is 0.455. The van der Waals surface area contributed by atoms with E-state index in [1.807, 2.05) is 0 Å². The molecule has 0 radical (unpaired) electrons. The average Bonchev–Trinajstić information content (AvgIpc) is 2.25. The van der Waals surface area contributed by atoms with Gasteiger partial charge in [-0.2, -0.15) is 0 Å². The maximum absolute atomic E-state index is 13.3. The highest BCUT2D eigenvalue weighted by atomic mass is 19.1. The average molecular weight is 224 g/mol. The molecule has 16 heavy (non-hydrogen) atoms. The highest BCUT2D eigenvalue weighted by Crippen LogP contribution is 2.21. The van der Waals surface area contributed by atoms with Crippen LogP contribution in [0.15, 0.2) is 18.5 Å². The van der Waals surface area contributed by atoms with Crippen molar-refractivity contribution >= 4 is 5.91 Å². The summed E-state index contributed by atoms with van der Waals surface area (Å²) in [6.45, 7) is 1.16. The molecule has 0 aliphatic carbocycles. The summed E-state index contributed by atoms with van der Waals surface area (Å²) in [6.07, 6.45) is 3.38. The third-order valence-corrected chi connectivity index (χ3v) is 2.77. The molecule has 1 aromatic heterocycles. The van der Waals surface area contributed by atoms with Crippen LogP contribution < -0.4 is 0 Å². The Morgan fingerprint density at radius 3 is 3.12 bits per heavy atom. The summed E-state index contributed by atoms with van der Waals surface area (Å²) in [5.41, 5.74) is 0.0794. The van der Waals surface area contributed by atoms with E-state index in [9.17, 15) is 9.18 Å². The van der Waals surface area contributed by atoms with Crippen LogP contribution in [0.3, 0.4) is 0 Å². The van der Waals surface area contributed by atoms with Crippen molar-refractivity contribution < 1.29 is 13.9 Å². The van der Waals surface area contributed by atoms with E-state index < -0.39 is 5.82 Å². The van der Waals surface area contributed by atoms with E-state index in [-0.39, 0.29) is 17.5 Å². The third-order valence-electron chi connectivity index (χ3n) is 2.77. The number of ether oxygens (including phenoxy) is 1. The lowest BCUT2D eigenvalue weighted by Crippen LogP contribution is -2.53. The van der Waals surface area contributed by atoms with Gasteiger partial charge in [0.15, 0.2) is 5.82 Å². The van der Waals surface area contributed by atoms with E-state index in [1.165, 1.54) is 12.3 Å². The second-order valence-corrected chi connectivity index (χ2v) is 3.75. The van der Waals surface area contributed by atoms with Crippen molar-refractivity contribution in [2.75, 3.05) is 20.3 Å². The molecule has 0 spiro atoms. The monoisotopic (exact) mass is 224 g/mol. The topological polar surface area (TPSA) is 42.4 Å². The predicted molar refractivity (Wildman–Crippen MR) is 55.5 cm³/mol. The van der Waals surface area contributed by atoms with Gasteiger partial charge in [0.05, 0.1) is 24.4 Å². The molecule has 0 N–H and O–H groups in total. The molecule has 0 bridgehead atoms. The number of carbonyl (C=O) groups is 1. The third kappa shape index (κ3) is 1.90. The van der Waals surface area contributed by atoms with Gasteiger partial charge >= 0.3 is 0 Å². The van der Waals surface area contributed by atoms with Crippen molar-refractivity contribution in [1.29, 1.82) is 0 Å². The predicted octanol–water partition coefficient (Wildman–Crippen LogP) is 1.08. The van der Waals surface area contributed by atoms with Crippen molar-refractivity contribution in [2.24, 2.45) is 0 Å². The Morgan fingerprint density at radius 2 is 2.56 bits per heavy atom. The summed E-state index contributed by atoms with van der Waals surface area (Å²) < 4.78 is 18.3. The number of aromatic nitrogens is 1. The normalized spacial score (nSPS) is 19.4. The fourth-order valence-corrected chi connectivity index (χ4v) is 1.78. The number of nitrogens with zero attached hydrogens (tertiary/aromatic N) is 2. The number of hydrogen-bond donors (Lipinski definition) is 0. The first-order valence-corrected chi connectivity index (χ1v) is 5.13. The van der Waals surface area contributed by atoms with Crippen LogP contribution in [-0.2, 0) is 4.74 Å². The van der Waals surface area contributed by atoms with Crippen LogP contribution in [0.1, 0.15) is 16.8 Å². The fourth-order valence-electron chi connectivity index (χ4n) is 1.78. The van der Waals surface area contributed by atoms with Crippen LogP contribution in [0.5, 0.6) is 0 Å². The van der Waals surface area contributed by atoms with Gasteiger partial charge in [-0.3, -0.25) is 9.78 Å². The number of methoxy groups -OCH3 is 1. The number of halogens is 1. The standard InChI is InChI=1S/C11H13FN2O2/c1-16-7-8-3-5-14(8)11(15)9-2-4-13-6-10(9)12/h2,4,6,8H,3,5,7H2,1H3. The van der Waals surface area contributed by atoms with Gasteiger partial charge in [-0.1, -0.05) is 0 Å². The molecule has 1 aliphatic rings. The Balaban J connectivity index is 2.11. The van der Waals surface area contributed by atoms with Crippen LogP contribution in [0.25, 0.3) is 0 Å². The lowest BCUT2D eigenvalue weighted by Gasteiger charge is -2.40. The SMILES string of the molecule is COCC1CCN1C(=O)c1ccncc1F. The largest absolute Gasteiger partial charge is 0.383 e. The number of likely N-dealkylation sites (tertiary alicyclic amines) is 1. The Labute approximate surface area is 93.0 Å². The molecule has 0 aromatic carbocycles. The molecule has 1 fully saturated rings. The maximum Gasteiger partial charge on any atom is 0.257 e. The van der Waals surface area contributed by atoms with Gasteiger partial charge < -0.3 is 9.64 Å². The molecule has 1 saturated heterocycles. The maximum atomic E-state index is 13.3. The summed E-state index contributed by atoms with van der Waals surface area (Å²) in [5, 5.41) is 0. The summed E-state index contributed by atoms with van der Waals surface area (Å²) in [6, 6.07) is 1.48. The van der Waals surface area contributed by atoms with Crippen LogP contribution >= 0.6 is 0 Å². The molecule has 1 unspecified atom stereocenters. The lowest BCUT2D eigenvalue weighted by atomic mass is 10.0. The Hall–Kier alpha value is -1.49. The van der Waals surface area contributed by atoms with Crippen molar-refractivity contribution in [2.45, 2.75) is 12.5 Å². The molecule has 1 aliphatic heterocycles. The highest BCUT2D eigenvalue weighted by Gasteiger charge is 2.33. The molecular formula is C11H13FN2O2. The van der Waals surface area contributed by atoms with Gasteiger partial charge in [-0.15, -0.1) is 0 Å². The van der Waals surface area contributed by atoms with Crippen LogP contribution in [-0.4, -0.2) is 42.1 Å². The van der Waals surface area contributed by atoms with Crippen molar-refractivity contribution in [3.05, 3.63) is 29.8 Å². The zero-order valence-corrected chi connectivity index (χ0v) is 9.02. The summed E-state index contributed by atoms with van der Waals surface area (Å²) >= 11 is 0. The number of rotatable bonds is 3. The summed E-state index contributed by atoms with van der Waals surface area (Å²) in [4.78, 5) is 17.2. The quantitative estimate of drug-likeness (QED) is 0.771. The van der Waals surface area contributed by atoms with Gasteiger partial charge in [-0.25, -0.2) is 4.39 Å². The smallest absolute Gasteiger partial charge is 0.257 e. The van der Waals surface area contributed by atoms with E-state index in [2.05, 4.69) is 4.98 Å². The van der Waals surface area contributed by atoms with Gasteiger partial charge in [0.2, 0.25) is 0 Å². The second kappa shape index (κ2) is 4.57. The molecular weight excluding hydrogens is 211 g/mol. The highest BCUT2D eigenvalue weighted by molar-refractivity contribution is 5.95. The molecule has 1 atom stereocenters. The second-order valence-electron chi connectivity index (χ2n) is 3.75. The van der Waals surface area contributed by atoms with Gasteiger partial charge in [0.1, 0.15) is 0 Å². The molecule has 1 aromatic rings. The minimum atomic E-state index is -0.574. The Kier molecular flexibility index (Phi) is 3.14. The molecule has 2 rings (SSSR count). The van der Waals surface area contributed by atoms with Crippen molar-refractivity contribution in [3.8, 4) is 0 Å². The number of amides is 1. The van der Waals surface area contributed by atoms with E-state index in [4.69, 9.17) is 4.74 Å². The summed E-state index contributed by atoms with van der Waals surface area (Å²) in [7, 11) is 1.59. The Morgan fingerprint density at radius 1 is 1.75 bits per heavy atom. The number of hydrogen-bond acceptors (Lipinski definition) is 3. The molecule has 5 heteroatoms. The van der Waals surface area contributed by atoms with Crippen LogP contribution in [0.2, 0.25) is 0 Å². The van der Waals surface area contributed by atoms with E-state index in [0.29, 0.717) is 13.2 Å². The first kappa shape index (κ1) is 11.0. The zero-order valence-electron chi connectivity index (χ0n) is 9.02. The first-order chi connectivity index (χ1) is 7.74. The zero-order chi connectivity index (χ0) is 11.5. The molecule has 2 heterocycles. The van der Waals surface area contributed by atoms with Crippen LogP contribution in [0.4, 0.5) is 4.39 Å². The van der Waals surface area contributed by atoms with Gasteiger partial charge in [-0.05, 0) is 12.5 Å². The van der Waals surface area contributed by atoms with E-state index in [1.54, 1.807) is 12.0 Å². The number of pyridine rings is 1. The van der Waals surface area contributed by atoms with E-state index >= 15 is 0 Å². The molecule has 4 nitrogen and oxygen atoms in total. The van der Waals surface area contributed by atoms with E-state index in [0.717, 1.165) is 12.6 Å². The van der Waals surface area contributed by atoms with Crippen molar-refractivity contribution in [1.82, 2.24) is 9.88 Å². The number of carbonyl (C=O) groups excluding carboxylic acids is 1. The molecule has 86 valence electrons. The lowest BCUT2D eigenvalue weighted by molar-refractivity contribution is 0.0198. The van der Waals surface area contributed by atoms with Crippen LogP contribution in [0, 0.1) is 5.82 Å². The minimum Gasteiger partial charge on any atom is -0.383 e. The van der Waals surface area contributed by atoms with Gasteiger partial charge in [0.25, 0.3) is 5.91 Å². The Bertz CT molecular complexity index is 397. The van der Waals surface area contributed by atoms with Crippen molar-refractivity contribution in [3.63, 3.8) is 0 Å². The minimum absolute atomic E-state index is 0.0741. The summed E-state index contributed by atoms with van der Waals surface area (Å²) in [5.74, 6) is -0.858. The van der Waals surface area contributed by atoms with Gasteiger partial charge in [0, 0.05) is 19.9 Å². The molecule has 1 amide bonds.